The molecule has 17 heavy (non-hydrogen) atoms. The molecule has 0 unspecified atom stereocenters. The van der Waals surface area contributed by atoms with Gasteiger partial charge in [-0.3, -0.25) is 4.79 Å². The number of H-pyrrole nitrogens is 1. The second kappa shape index (κ2) is 4.65. The van der Waals surface area contributed by atoms with E-state index < -0.39 is 0 Å². The van der Waals surface area contributed by atoms with E-state index in [1.165, 1.54) is 13.3 Å². The number of nitrogens with one attached hydrogen (secondary N) is 2. The van der Waals surface area contributed by atoms with Gasteiger partial charge in [0.05, 0.1) is 5.39 Å². The van der Waals surface area contributed by atoms with Gasteiger partial charge in [0.25, 0.3) is 0 Å². The molecule has 0 radical (unpaired) electrons. The van der Waals surface area contributed by atoms with Crippen LogP contribution in [0, 0.1) is 0 Å². The van der Waals surface area contributed by atoms with E-state index in [9.17, 15) is 4.79 Å². The highest BCUT2D eigenvalue weighted by molar-refractivity contribution is 5.94. The van der Waals surface area contributed by atoms with Gasteiger partial charge in [0.15, 0.2) is 0 Å². The molecule has 0 bridgehead atoms. The molecule has 0 aliphatic rings. The Labute approximate surface area is 97.9 Å². The van der Waals surface area contributed by atoms with Gasteiger partial charge in [-0.1, -0.05) is 12.2 Å². The van der Waals surface area contributed by atoms with E-state index in [1.807, 2.05) is 12.2 Å². The third kappa shape index (κ3) is 2.41. The van der Waals surface area contributed by atoms with Crippen LogP contribution in [-0.4, -0.2) is 27.4 Å². The fourth-order valence-electron chi connectivity index (χ4n) is 1.53. The van der Waals surface area contributed by atoms with Crippen LogP contribution in [0.5, 0.6) is 0 Å². The van der Waals surface area contributed by atoms with Crippen LogP contribution in [0.1, 0.15) is 12.5 Å². The molecule has 1 amide bonds. The van der Waals surface area contributed by atoms with E-state index in [1.54, 1.807) is 6.20 Å². The highest BCUT2D eigenvalue weighted by atomic mass is 16.1. The first-order valence-electron chi connectivity index (χ1n) is 5.17. The molecule has 2 heterocycles. The second-order valence-corrected chi connectivity index (χ2v) is 3.57. The zero-order valence-corrected chi connectivity index (χ0v) is 9.40. The quantitative estimate of drug-likeness (QED) is 0.724. The van der Waals surface area contributed by atoms with Crippen molar-refractivity contribution in [3.05, 3.63) is 24.2 Å². The van der Waals surface area contributed by atoms with Gasteiger partial charge in [-0.25, -0.2) is 9.97 Å². The summed E-state index contributed by atoms with van der Waals surface area (Å²) in [6.07, 6.45) is 6.93. The lowest BCUT2D eigenvalue weighted by Gasteiger charge is -1.96. The lowest BCUT2D eigenvalue weighted by atomic mass is 10.2. The Bertz CT molecular complexity index is 572. The number of hydrogen-bond acceptors (Lipinski definition) is 4. The number of nitrogen functional groups attached to an aromatic ring is 1. The van der Waals surface area contributed by atoms with Crippen molar-refractivity contribution in [2.24, 2.45) is 0 Å². The van der Waals surface area contributed by atoms with Gasteiger partial charge in [0.1, 0.15) is 17.8 Å². The van der Waals surface area contributed by atoms with Crippen molar-refractivity contribution in [1.82, 2.24) is 20.3 Å². The minimum atomic E-state index is -0.0589. The summed E-state index contributed by atoms with van der Waals surface area (Å²) in [7, 11) is 0. The van der Waals surface area contributed by atoms with Crippen molar-refractivity contribution in [1.29, 1.82) is 0 Å². The van der Waals surface area contributed by atoms with Crippen LogP contribution in [0.4, 0.5) is 5.82 Å². The minimum Gasteiger partial charge on any atom is -0.383 e. The van der Waals surface area contributed by atoms with Gasteiger partial charge < -0.3 is 16.0 Å². The zero-order valence-electron chi connectivity index (χ0n) is 9.40. The van der Waals surface area contributed by atoms with Crippen molar-refractivity contribution in [2.75, 3.05) is 12.3 Å². The number of aromatic nitrogens is 3. The molecule has 88 valence electrons. The molecule has 0 spiro atoms. The maximum absolute atomic E-state index is 10.7. The summed E-state index contributed by atoms with van der Waals surface area (Å²) in [5.74, 6) is 0.381. The monoisotopic (exact) mass is 231 g/mol. The Kier molecular flexibility index (Phi) is 3.04. The first kappa shape index (κ1) is 11.1. The van der Waals surface area contributed by atoms with Gasteiger partial charge in [-0.2, -0.15) is 0 Å². The Hall–Kier alpha value is -2.37. The van der Waals surface area contributed by atoms with Crippen LogP contribution < -0.4 is 11.1 Å². The molecule has 0 aliphatic carbocycles. The van der Waals surface area contributed by atoms with Crippen LogP contribution in [0.15, 0.2) is 18.6 Å². The Morgan fingerprint density at radius 1 is 1.59 bits per heavy atom. The number of anilines is 1. The number of carbonyl (C=O) groups excluding carboxylic acids is 1. The summed E-state index contributed by atoms with van der Waals surface area (Å²) >= 11 is 0. The maximum atomic E-state index is 10.7. The normalized spacial score (nSPS) is 11.1. The van der Waals surface area contributed by atoms with Crippen molar-refractivity contribution in [2.45, 2.75) is 6.92 Å². The highest BCUT2D eigenvalue weighted by Crippen LogP contribution is 2.21. The number of amides is 1. The van der Waals surface area contributed by atoms with E-state index in [4.69, 9.17) is 5.73 Å². The molecule has 0 saturated carbocycles. The number of carbonyl (C=O) groups is 1. The summed E-state index contributed by atoms with van der Waals surface area (Å²) in [6, 6.07) is 0. The smallest absolute Gasteiger partial charge is 0.217 e. The highest BCUT2D eigenvalue weighted by Gasteiger charge is 2.05. The van der Waals surface area contributed by atoms with Gasteiger partial charge >= 0.3 is 0 Å². The maximum Gasteiger partial charge on any atom is 0.217 e. The summed E-state index contributed by atoms with van der Waals surface area (Å²) in [5.41, 5.74) is 7.39. The predicted octanol–water partition coefficient (Wildman–Crippen LogP) is 0.689. The van der Waals surface area contributed by atoms with Crippen molar-refractivity contribution >= 4 is 28.8 Å². The number of rotatable bonds is 3. The molecule has 0 aliphatic heterocycles. The van der Waals surface area contributed by atoms with Crippen LogP contribution in [-0.2, 0) is 4.79 Å². The van der Waals surface area contributed by atoms with Crippen LogP contribution in [0.25, 0.3) is 17.1 Å². The number of fused-ring (bicyclic) bond motifs is 1. The van der Waals surface area contributed by atoms with Crippen molar-refractivity contribution in [3.63, 3.8) is 0 Å². The summed E-state index contributed by atoms with van der Waals surface area (Å²) in [4.78, 5) is 21.7. The molecule has 0 saturated heterocycles. The lowest BCUT2D eigenvalue weighted by molar-refractivity contribution is -0.118. The number of nitrogens with two attached hydrogens (primary N) is 1. The summed E-state index contributed by atoms with van der Waals surface area (Å²) in [6.45, 7) is 1.96. The molecule has 2 aromatic heterocycles. The van der Waals surface area contributed by atoms with E-state index in [-0.39, 0.29) is 5.91 Å². The predicted molar refractivity (Wildman–Crippen MR) is 66.0 cm³/mol. The molecule has 0 aromatic carbocycles. The fourth-order valence-corrected chi connectivity index (χ4v) is 1.53. The molecule has 6 nitrogen and oxygen atoms in total. The third-order valence-electron chi connectivity index (χ3n) is 2.30. The van der Waals surface area contributed by atoms with E-state index >= 15 is 0 Å². The number of aromatic amines is 1. The minimum absolute atomic E-state index is 0.0589. The molecular formula is C11H13N5O. The van der Waals surface area contributed by atoms with Crippen molar-refractivity contribution < 1.29 is 4.79 Å². The Morgan fingerprint density at radius 2 is 2.41 bits per heavy atom. The molecule has 6 heteroatoms. The van der Waals surface area contributed by atoms with Crippen LogP contribution in [0.3, 0.4) is 0 Å². The summed E-state index contributed by atoms with van der Waals surface area (Å²) < 4.78 is 0. The molecule has 2 aromatic rings. The average molecular weight is 231 g/mol. The third-order valence-corrected chi connectivity index (χ3v) is 2.30. The van der Waals surface area contributed by atoms with Gasteiger partial charge in [-0.15, -0.1) is 0 Å². The first-order chi connectivity index (χ1) is 8.18. The first-order valence-corrected chi connectivity index (χ1v) is 5.17. The largest absolute Gasteiger partial charge is 0.383 e. The Balaban J connectivity index is 2.22. The van der Waals surface area contributed by atoms with E-state index in [0.717, 1.165) is 10.9 Å². The molecule has 2 rings (SSSR count). The van der Waals surface area contributed by atoms with Crippen molar-refractivity contribution in [3.8, 4) is 0 Å². The summed E-state index contributed by atoms with van der Waals surface area (Å²) in [5, 5.41) is 3.47. The molecule has 0 fully saturated rings. The van der Waals surface area contributed by atoms with Gasteiger partial charge in [0, 0.05) is 25.2 Å². The van der Waals surface area contributed by atoms with E-state index in [2.05, 4.69) is 20.3 Å². The van der Waals surface area contributed by atoms with Crippen LogP contribution in [0.2, 0.25) is 0 Å². The van der Waals surface area contributed by atoms with Crippen LogP contribution >= 0.6 is 0 Å². The lowest BCUT2D eigenvalue weighted by Crippen LogP contribution is -2.19. The fraction of sp³-hybridized carbons (Fsp3) is 0.182. The SMILES string of the molecule is CC(=O)NCC=Cc1c[nH]c2ncnc(N)c12. The van der Waals surface area contributed by atoms with Gasteiger partial charge in [0.2, 0.25) is 5.91 Å². The molecule has 0 atom stereocenters. The van der Waals surface area contributed by atoms with Gasteiger partial charge in [-0.05, 0) is 0 Å². The number of hydrogen-bond donors (Lipinski definition) is 3. The topological polar surface area (TPSA) is 96.7 Å². The second-order valence-electron chi connectivity index (χ2n) is 3.57. The Morgan fingerprint density at radius 3 is 3.18 bits per heavy atom. The number of nitrogens with zero attached hydrogens (tertiary/aromatic N) is 2. The molecular weight excluding hydrogens is 218 g/mol. The zero-order chi connectivity index (χ0) is 12.3. The standard InChI is InChI=1S/C11H13N5O/c1-7(17)13-4-2-3-8-5-14-11-9(8)10(12)15-6-16-11/h2-3,5-6H,4H2,1H3,(H,13,17)(H3,12,14,15,16). The molecule has 4 N–H and O–H groups in total. The average Bonchev–Trinajstić information content (AvgIpc) is 2.69. The van der Waals surface area contributed by atoms with E-state index in [0.29, 0.717) is 18.0 Å².